The third-order valence-electron chi connectivity index (χ3n) is 3.54. The van der Waals surface area contributed by atoms with Crippen molar-refractivity contribution < 1.29 is 13.7 Å². The molecule has 23 heavy (non-hydrogen) atoms. The molecule has 0 amide bonds. The van der Waals surface area contributed by atoms with Crippen molar-refractivity contribution >= 4 is 22.6 Å². The Morgan fingerprint density at radius 2 is 1.91 bits per heavy atom. The van der Waals surface area contributed by atoms with Crippen molar-refractivity contribution in [3.8, 4) is 0 Å². The van der Waals surface area contributed by atoms with Gasteiger partial charge in [0.05, 0.1) is 25.8 Å². The predicted octanol–water partition coefficient (Wildman–Crippen LogP) is 4.33. The van der Waals surface area contributed by atoms with Gasteiger partial charge in [0.15, 0.2) is 0 Å². The van der Waals surface area contributed by atoms with Crippen molar-refractivity contribution in [2.24, 2.45) is 0 Å². The molecule has 1 aromatic heterocycles. The molecule has 0 unspecified atom stereocenters. The summed E-state index contributed by atoms with van der Waals surface area (Å²) < 4.78 is 83.4. The molecule has 2 heterocycles. The van der Waals surface area contributed by atoms with E-state index in [2.05, 4.69) is 4.98 Å². The molecule has 1 fully saturated rings. The first kappa shape index (κ1) is 7.37. The summed E-state index contributed by atoms with van der Waals surface area (Å²) >= 11 is 5.89. The molecular formula is C19H20ClN3. The molecule has 1 aliphatic rings. The molecule has 4 heteroatoms. The number of benzene rings is 2. The first-order valence-electron chi connectivity index (χ1n) is 12.1. The lowest BCUT2D eigenvalue weighted by molar-refractivity contribution is 0.318. The molecule has 0 spiro atoms. The second kappa shape index (κ2) is 6.34. The van der Waals surface area contributed by atoms with Crippen molar-refractivity contribution in [2.45, 2.75) is 25.8 Å². The highest BCUT2D eigenvalue weighted by Crippen LogP contribution is 2.21. The molecule has 0 radical (unpaired) electrons. The average Bonchev–Trinajstić information content (AvgIpc) is 3.17. The van der Waals surface area contributed by atoms with Crippen molar-refractivity contribution in [1.29, 1.82) is 0 Å². The van der Waals surface area contributed by atoms with Crippen LogP contribution in [0.15, 0.2) is 48.4 Å². The molecule has 1 aliphatic heterocycles. The van der Waals surface area contributed by atoms with E-state index in [1.54, 1.807) is 24.3 Å². The standard InChI is InChI=1S/C19H20ClN3/c20-16-9-7-15(8-10-16)13-23-18-6-2-1-5-17(18)21-19(23)14-22-11-3-4-12-22/h1-2,5-10H,3-4,11-14H2/i3D2,4D2,7D,8D,9D,10D,13D2. The number of hydrogen-bond donors (Lipinski definition) is 0. The summed E-state index contributed by atoms with van der Waals surface area (Å²) in [7, 11) is 0. The lowest BCUT2D eigenvalue weighted by atomic mass is 10.2. The number of para-hydroxylation sites is 2. The van der Waals surface area contributed by atoms with Crippen molar-refractivity contribution in [3.63, 3.8) is 0 Å². The van der Waals surface area contributed by atoms with Gasteiger partial charge in [0.2, 0.25) is 0 Å². The van der Waals surface area contributed by atoms with Gasteiger partial charge in [-0.25, -0.2) is 4.98 Å². The Morgan fingerprint density at radius 1 is 1.17 bits per heavy atom. The Labute approximate surface area is 155 Å². The van der Waals surface area contributed by atoms with Gasteiger partial charge in [0, 0.05) is 17.0 Å². The molecule has 2 aromatic carbocycles. The lowest BCUT2D eigenvalue weighted by Crippen LogP contribution is -2.21. The van der Waals surface area contributed by atoms with Crippen LogP contribution in [0, 0.1) is 0 Å². The van der Waals surface area contributed by atoms with Gasteiger partial charge in [-0.15, -0.1) is 0 Å². The smallest absolute Gasteiger partial charge is 0.124 e. The zero-order chi connectivity index (χ0) is 24.5. The Hall–Kier alpha value is -1.84. The first-order chi connectivity index (χ1) is 15.2. The second-order valence-corrected chi connectivity index (χ2v) is 5.53. The molecule has 1 saturated heterocycles. The maximum atomic E-state index is 8.90. The molecular weight excluding hydrogens is 306 g/mol. The highest BCUT2D eigenvalue weighted by molar-refractivity contribution is 6.30. The summed E-state index contributed by atoms with van der Waals surface area (Å²) in [5.41, 5.74) is 0.263. The number of aromatic nitrogens is 2. The normalized spacial score (nSPS) is 26.8. The molecule has 0 bridgehead atoms. The topological polar surface area (TPSA) is 21.1 Å². The summed E-state index contributed by atoms with van der Waals surface area (Å²) in [6.07, 6.45) is -4.19. The van der Waals surface area contributed by atoms with E-state index >= 15 is 0 Å². The van der Waals surface area contributed by atoms with Crippen LogP contribution in [0.1, 0.15) is 37.8 Å². The third-order valence-corrected chi connectivity index (χ3v) is 3.73. The average molecular weight is 336 g/mol. The van der Waals surface area contributed by atoms with Crippen molar-refractivity contribution in [3.05, 3.63) is 64.8 Å². The van der Waals surface area contributed by atoms with Gasteiger partial charge < -0.3 is 4.57 Å². The van der Waals surface area contributed by atoms with Crippen LogP contribution in [0.2, 0.25) is 5.02 Å². The van der Waals surface area contributed by atoms with E-state index in [0.29, 0.717) is 11.0 Å². The van der Waals surface area contributed by atoms with Crippen molar-refractivity contribution in [1.82, 2.24) is 14.5 Å². The zero-order valence-corrected chi connectivity index (χ0v) is 12.9. The fraction of sp³-hybridized carbons (Fsp3) is 0.316. The molecule has 4 rings (SSSR count). The van der Waals surface area contributed by atoms with E-state index in [-0.39, 0.29) is 25.5 Å². The van der Waals surface area contributed by atoms with Crippen LogP contribution in [0.25, 0.3) is 11.0 Å². The molecule has 0 N–H and O–H groups in total. The van der Waals surface area contributed by atoms with Crippen LogP contribution in [-0.2, 0) is 13.0 Å². The van der Waals surface area contributed by atoms with E-state index in [4.69, 9.17) is 25.3 Å². The monoisotopic (exact) mass is 335 g/mol. The van der Waals surface area contributed by atoms with Gasteiger partial charge in [0.1, 0.15) is 5.82 Å². The number of rotatable bonds is 4. The number of fused-ring (bicyclic) bond motifs is 1. The fourth-order valence-electron chi connectivity index (χ4n) is 2.47. The maximum absolute atomic E-state index is 8.90. The van der Waals surface area contributed by atoms with Crippen LogP contribution in [0.3, 0.4) is 0 Å². The van der Waals surface area contributed by atoms with Gasteiger partial charge >= 0.3 is 0 Å². The Balaban J connectivity index is 1.90. The molecule has 0 atom stereocenters. The van der Waals surface area contributed by atoms with Crippen LogP contribution in [-0.4, -0.2) is 27.5 Å². The van der Waals surface area contributed by atoms with E-state index in [1.165, 1.54) is 9.47 Å². The molecule has 3 aromatic rings. The number of halogens is 1. The van der Waals surface area contributed by atoms with Crippen LogP contribution in [0.4, 0.5) is 0 Å². The number of nitrogens with zero attached hydrogens (tertiary/aromatic N) is 3. The van der Waals surface area contributed by atoms with Gasteiger partial charge in [-0.3, -0.25) is 4.90 Å². The maximum Gasteiger partial charge on any atom is 0.124 e. The van der Waals surface area contributed by atoms with E-state index in [0.717, 1.165) is 0 Å². The molecule has 0 saturated carbocycles. The van der Waals surface area contributed by atoms with Gasteiger partial charge in [-0.2, -0.15) is 0 Å². The Kier molecular flexibility index (Phi) is 2.03. The van der Waals surface area contributed by atoms with E-state index in [9.17, 15) is 0 Å². The minimum absolute atomic E-state index is 0.0804. The Bertz CT molecular complexity index is 1210. The lowest BCUT2D eigenvalue weighted by Gasteiger charge is -2.16. The summed E-state index contributed by atoms with van der Waals surface area (Å²) in [5.74, 6) is 0.140. The van der Waals surface area contributed by atoms with E-state index in [1.807, 2.05) is 0 Å². The summed E-state index contributed by atoms with van der Waals surface area (Å²) in [6, 6.07) is 4.33. The van der Waals surface area contributed by atoms with Crippen LogP contribution < -0.4 is 0 Å². The van der Waals surface area contributed by atoms with Crippen molar-refractivity contribution in [2.75, 3.05) is 13.1 Å². The first-order valence-corrected chi connectivity index (χ1v) is 7.52. The number of likely N-dealkylation sites (tertiary alicyclic amines) is 1. The zero-order valence-electron chi connectivity index (χ0n) is 22.2. The highest BCUT2D eigenvalue weighted by atomic mass is 35.5. The SMILES string of the molecule is [2H]c1c([2H])c(C([2H])([2H])n2c(CN3CC([2H])([2H])C([2H])([2H])C3)nc3ccccc32)c([2H])c([2H])c1Cl. The number of hydrogen-bond acceptors (Lipinski definition) is 2. The largest absolute Gasteiger partial charge is 0.322 e. The minimum Gasteiger partial charge on any atom is -0.322 e. The van der Waals surface area contributed by atoms with Gasteiger partial charge in [-0.1, -0.05) is 35.8 Å². The third kappa shape index (κ3) is 3.12. The Morgan fingerprint density at radius 3 is 2.70 bits per heavy atom. The second-order valence-electron chi connectivity index (χ2n) is 5.15. The number of imidazole rings is 1. The quantitative estimate of drug-likeness (QED) is 0.707. The molecule has 0 aliphatic carbocycles. The molecule has 3 nitrogen and oxygen atoms in total. The highest BCUT2D eigenvalue weighted by Gasteiger charge is 2.17. The molecule has 118 valence electrons. The van der Waals surface area contributed by atoms with Crippen LogP contribution >= 0.6 is 11.6 Å². The summed E-state index contributed by atoms with van der Waals surface area (Å²) in [4.78, 5) is 5.98. The predicted molar refractivity (Wildman–Crippen MR) is 94.8 cm³/mol. The van der Waals surface area contributed by atoms with Gasteiger partial charge in [0.25, 0.3) is 0 Å². The van der Waals surface area contributed by atoms with Crippen LogP contribution in [0.5, 0.6) is 0 Å². The minimum atomic E-state index is -2.58. The van der Waals surface area contributed by atoms with E-state index < -0.39 is 54.0 Å². The fourth-order valence-corrected chi connectivity index (χ4v) is 2.57. The van der Waals surface area contributed by atoms with Gasteiger partial charge in [-0.05, 0) is 55.6 Å². The summed E-state index contributed by atoms with van der Waals surface area (Å²) in [5, 5.41) is -0.401. The summed E-state index contributed by atoms with van der Waals surface area (Å²) in [6.45, 7) is -3.08.